The van der Waals surface area contributed by atoms with E-state index in [9.17, 15) is 4.79 Å². The van der Waals surface area contributed by atoms with Gasteiger partial charge in [-0.1, -0.05) is 53.5 Å². The number of nitrogens with zero attached hydrogens (tertiary/aromatic N) is 3. The quantitative estimate of drug-likeness (QED) is 0.731. The predicted octanol–water partition coefficient (Wildman–Crippen LogP) is 3.72. The van der Waals surface area contributed by atoms with Crippen molar-refractivity contribution in [2.45, 2.75) is 6.54 Å². The molecule has 106 valence electrons. The number of hydrogen-bond donors (Lipinski definition) is 0. The molecular formula is C14H9Cl2N3OS. The van der Waals surface area contributed by atoms with Crippen molar-refractivity contribution in [1.29, 1.82) is 0 Å². The van der Waals surface area contributed by atoms with Gasteiger partial charge in [-0.05, 0) is 0 Å². The second-order valence-corrected chi connectivity index (χ2v) is 5.92. The first-order valence-electron chi connectivity index (χ1n) is 6.06. The van der Waals surface area contributed by atoms with Gasteiger partial charge in [0.2, 0.25) is 0 Å². The highest BCUT2D eigenvalue weighted by atomic mass is 35.5. The lowest BCUT2D eigenvalue weighted by Crippen LogP contribution is -2.23. The molecule has 0 atom stereocenters. The minimum absolute atomic E-state index is 0.0230. The van der Waals surface area contributed by atoms with Crippen LogP contribution in [0, 0.1) is 0 Å². The molecule has 4 nitrogen and oxygen atoms in total. The van der Waals surface area contributed by atoms with Gasteiger partial charge >= 0.3 is 0 Å². The average molecular weight is 338 g/mol. The molecule has 0 radical (unpaired) electrons. The molecule has 0 aliphatic rings. The summed E-state index contributed by atoms with van der Waals surface area (Å²) in [5.41, 5.74) is 1.38. The Hall–Kier alpha value is -1.69. The van der Waals surface area contributed by atoms with E-state index >= 15 is 0 Å². The third-order valence-electron chi connectivity index (χ3n) is 2.83. The number of thiazole rings is 1. The second-order valence-electron chi connectivity index (χ2n) is 4.28. The molecule has 3 aromatic rings. The van der Waals surface area contributed by atoms with Gasteiger partial charge in [-0.2, -0.15) is 5.10 Å². The number of hydrogen-bond acceptors (Lipinski definition) is 4. The molecule has 0 fully saturated rings. The van der Waals surface area contributed by atoms with Crippen molar-refractivity contribution in [3.05, 3.63) is 68.0 Å². The first-order chi connectivity index (χ1) is 10.1. The highest BCUT2D eigenvalue weighted by Gasteiger charge is 2.10. The Balaban J connectivity index is 1.89. The van der Waals surface area contributed by atoms with Crippen LogP contribution < -0.4 is 5.56 Å². The summed E-state index contributed by atoms with van der Waals surface area (Å²) >= 11 is 13.1. The summed E-state index contributed by atoms with van der Waals surface area (Å²) in [6.45, 7) is 0.263. The van der Waals surface area contributed by atoms with Crippen LogP contribution in [0.1, 0.15) is 5.69 Å². The smallest absolute Gasteiger partial charge is 0.266 e. The van der Waals surface area contributed by atoms with Crippen LogP contribution in [-0.4, -0.2) is 14.8 Å². The molecule has 0 N–H and O–H groups in total. The molecule has 7 heteroatoms. The maximum Gasteiger partial charge on any atom is 0.287 e. The molecule has 2 heterocycles. The Morgan fingerprint density at radius 2 is 1.95 bits per heavy atom. The molecule has 3 rings (SSSR count). The molecule has 1 aromatic carbocycles. The fraction of sp³-hybridized carbons (Fsp3) is 0.0714. The predicted molar refractivity (Wildman–Crippen MR) is 85.2 cm³/mol. The average Bonchev–Trinajstić information content (AvgIpc) is 2.97. The maximum absolute atomic E-state index is 11.9. The van der Waals surface area contributed by atoms with E-state index in [-0.39, 0.29) is 16.6 Å². The summed E-state index contributed by atoms with van der Waals surface area (Å²) in [5.74, 6) is 0. The molecule has 0 saturated heterocycles. The SMILES string of the molecule is O=c1c(Cl)c(Cl)cnn1Cc1csc(-c2ccccc2)n1. The van der Waals surface area contributed by atoms with E-state index in [1.807, 2.05) is 35.7 Å². The van der Waals surface area contributed by atoms with Crippen LogP contribution in [0.25, 0.3) is 10.6 Å². The summed E-state index contributed by atoms with van der Waals surface area (Å²) < 4.78 is 1.25. The lowest BCUT2D eigenvalue weighted by molar-refractivity contribution is 0.631. The van der Waals surface area contributed by atoms with Gasteiger partial charge < -0.3 is 0 Å². The Morgan fingerprint density at radius 1 is 1.19 bits per heavy atom. The fourth-order valence-electron chi connectivity index (χ4n) is 1.80. The first-order valence-corrected chi connectivity index (χ1v) is 7.69. The monoisotopic (exact) mass is 337 g/mol. The number of aromatic nitrogens is 3. The van der Waals surface area contributed by atoms with Crippen LogP contribution in [-0.2, 0) is 6.54 Å². The molecule has 0 spiro atoms. The zero-order chi connectivity index (χ0) is 14.8. The van der Waals surface area contributed by atoms with Crippen LogP contribution in [0.15, 0.2) is 46.7 Å². The van der Waals surface area contributed by atoms with Crippen molar-refractivity contribution in [2.75, 3.05) is 0 Å². The van der Waals surface area contributed by atoms with Crippen molar-refractivity contribution in [1.82, 2.24) is 14.8 Å². The van der Waals surface area contributed by atoms with Gasteiger partial charge in [-0.3, -0.25) is 4.79 Å². The van der Waals surface area contributed by atoms with Gasteiger partial charge in [0.1, 0.15) is 10.0 Å². The van der Waals surface area contributed by atoms with Gasteiger partial charge in [0.25, 0.3) is 5.56 Å². The topological polar surface area (TPSA) is 47.8 Å². The summed E-state index contributed by atoms with van der Waals surface area (Å²) in [6, 6.07) is 9.86. The normalized spacial score (nSPS) is 10.8. The Kier molecular flexibility index (Phi) is 4.05. The summed E-state index contributed by atoms with van der Waals surface area (Å²) in [4.78, 5) is 16.4. The van der Waals surface area contributed by atoms with Crippen LogP contribution in [0.2, 0.25) is 10.0 Å². The van der Waals surface area contributed by atoms with Gasteiger partial charge in [0.05, 0.1) is 23.5 Å². The van der Waals surface area contributed by atoms with Crippen molar-refractivity contribution in [3.8, 4) is 10.6 Å². The van der Waals surface area contributed by atoms with E-state index in [4.69, 9.17) is 23.2 Å². The Labute approximate surface area is 134 Å². The zero-order valence-corrected chi connectivity index (χ0v) is 13.0. The molecular weight excluding hydrogens is 329 g/mol. The van der Waals surface area contributed by atoms with Gasteiger partial charge in [0.15, 0.2) is 0 Å². The minimum atomic E-state index is -0.418. The Bertz CT molecular complexity index is 830. The van der Waals surface area contributed by atoms with Gasteiger partial charge in [-0.25, -0.2) is 9.67 Å². The number of rotatable bonds is 3. The fourth-order valence-corrected chi connectivity index (χ4v) is 2.89. The molecule has 2 aromatic heterocycles. The zero-order valence-electron chi connectivity index (χ0n) is 10.7. The number of benzene rings is 1. The van der Waals surface area contributed by atoms with E-state index in [0.29, 0.717) is 0 Å². The summed E-state index contributed by atoms with van der Waals surface area (Å²) in [6.07, 6.45) is 1.36. The van der Waals surface area contributed by atoms with E-state index in [2.05, 4.69) is 10.1 Å². The van der Waals surface area contributed by atoms with Crippen LogP contribution in [0.4, 0.5) is 0 Å². The van der Waals surface area contributed by atoms with E-state index < -0.39 is 5.56 Å². The van der Waals surface area contributed by atoms with Crippen LogP contribution in [0.3, 0.4) is 0 Å². The van der Waals surface area contributed by atoms with Crippen molar-refractivity contribution < 1.29 is 0 Å². The van der Waals surface area contributed by atoms with E-state index in [0.717, 1.165) is 16.3 Å². The van der Waals surface area contributed by atoms with E-state index in [1.165, 1.54) is 22.2 Å². The molecule has 0 aliphatic carbocycles. The highest BCUT2D eigenvalue weighted by molar-refractivity contribution is 7.13. The van der Waals surface area contributed by atoms with Crippen molar-refractivity contribution in [2.24, 2.45) is 0 Å². The maximum atomic E-state index is 11.9. The Morgan fingerprint density at radius 3 is 2.71 bits per heavy atom. The molecule has 0 bridgehead atoms. The molecule has 0 amide bonds. The summed E-state index contributed by atoms with van der Waals surface area (Å²) in [5, 5.41) is 6.90. The van der Waals surface area contributed by atoms with Crippen molar-refractivity contribution >= 4 is 34.5 Å². The van der Waals surface area contributed by atoms with Crippen molar-refractivity contribution in [3.63, 3.8) is 0 Å². The molecule has 0 unspecified atom stereocenters. The summed E-state index contributed by atoms with van der Waals surface area (Å²) in [7, 11) is 0. The van der Waals surface area contributed by atoms with E-state index in [1.54, 1.807) is 0 Å². The number of halogens is 2. The second kappa shape index (κ2) is 5.97. The van der Waals surface area contributed by atoms with Crippen LogP contribution >= 0.6 is 34.5 Å². The third-order valence-corrected chi connectivity index (χ3v) is 4.52. The molecule has 21 heavy (non-hydrogen) atoms. The van der Waals surface area contributed by atoms with Gasteiger partial charge in [-0.15, -0.1) is 11.3 Å². The third kappa shape index (κ3) is 3.00. The van der Waals surface area contributed by atoms with Crippen LogP contribution in [0.5, 0.6) is 0 Å². The van der Waals surface area contributed by atoms with Gasteiger partial charge in [0, 0.05) is 10.9 Å². The lowest BCUT2D eigenvalue weighted by atomic mass is 10.2. The first kappa shape index (κ1) is 14.3. The minimum Gasteiger partial charge on any atom is -0.266 e. The largest absolute Gasteiger partial charge is 0.287 e. The molecule has 0 saturated carbocycles. The lowest BCUT2D eigenvalue weighted by Gasteiger charge is -2.03. The standard InChI is InChI=1S/C14H9Cl2N3OS/c15-11-6-17-19(14(20)12(11)16)7-10-8-21-13(18-10)9-4-2-1-3-5-9/h1-6,8H,7H2. The highest BCUT2D eigenvalue weighted by Crippen LogP contribution is 2.23. The molecule has 0 aliphatic heterocycles.